The summed E-state index contributed by atoms with van der Waals surface area (Å²) < 4.78 is 0. The largest absolute Gasteiger partial charge is 0.394 e. The summed E-state index contributed by atoms with van der Waals surface area (Å²) >= 11 is 0. The van der Waals surface area contributed by atoms with E-state index in [1.807, 2.05) is 49.1 Å². The zero-order valence-electron chi connectivity index (χ0n) is 13.0. The smallest absolute Gasteiger partial charge is 0.239 e. The van der Waals surface area contributed by atoms with Crippen LogP contribution in [0.1, 0.15) is 38.7 Å². The van der Waals surface area contributed by atoms with Crippen molar-refractivity contribution in [3.63, 3.8) is 0 Å². The summed E-state index contributed by atoms with van der Waals surface area (Å²) in [7, 11) is 0. The van der Waals surface area contributed by atoms with Crippen molar-refractivity contribution in [2.45, 2.75) is 44.7 Å². The monoisotopic (exact) mass is 290 g/mol. The number of aliphatic hydroxyl groups excluding tert-OH is 1. The second-order valence-corrected chi connectivity index (χ2v) is 6.11. The first-order valence-corrected chi connectivity index (χ1v) is 7.80. The third-order valence-electron chi connectivity index (χ3n) is 4.30. The van der Waals surface area contributed by atoms with Crippen LogP contribution < -0.4 is 5.32 Å². The van der Waals surface area contributed by atoms with E-state index in [0.717, 1.165) is 31.5 Å². The molecule has 2 rings (SSSR count). The Morgan fingerprint density at radius 3 is 2.48 bits per heavy atom. The van der Waals surface area contributed by atoms with Gasteiger partial charge in [-0.1, -0.05) is 30.3 Å². The molecule has 1 aromatic rings. The van der Waals surface area contributed by atoms with Crippen LogP contribution >= 0.6 is 0 Å². The molecule has 2 N–H and O–H groups in total. The number of carbonyl (C=O) groups excluding carboxylic acids is 1. The van der Waals surface area contributed by atoms with Gasteiger partial charge >= 0.3 is 0 Å². The highest BCUT2D eigenvalue weighted by atomic mass is 16.3. The van der Waals surface area contributed by atoms with Gasteiger partial charge in [-0.3, -0.25) is 10.1 Å². The van der Waals surface area contributed by atoms with Gasteiger partial charge < -0.3 is 10.0 Å². The molecule has 2 atom stereocenters. The standard InChI is InChI=1S/C17H26N2O2/c1-14(16(21)19-11-7-4-8-12-19)18-17(2,13-20)15-9-5-3-6-10-15/h3,5-6,9-10,14,18,20H,4,7-8,11-13H2,1-2H3. The number of amides is 1. The highest BCUT2D eigenvalue weighted by Crippen LogP contribution is 2.21. The van der Waals surface area contributed by atoms with Crippen LogP contribution in [0.5, 0.6) is 0 Å². The first kappa shape index (κ1) is 16.0. The minimum atomic E-state index is -0.605. The molecule has 116 valence electrons. The second kappa shape index (κ2) is 7.05. The lowest BCUT2D eigenvalue weighted by atomic mass is 9.92. The molecule has 2 unspecified atom stereocenters. The van der Waals surface area contributed by atoms with Crippen LogP contribution in [0.4, 0.5) is 0 Å². The summed E-state index contributed by atoms with van der Waals surface area (Å²) in [4.78, 5) is 14.4. The van der Waals surface area contributed by atoms with E-state index in [4.69, 9.17) is 0 Å². The van der Waals surface area contributed by atoms with E-state index in [1.54, 1.807) is 0 Å². The van der Waals surface area contributed by atoms with Gasteiger partial charge in [-0.05, 0) is 38.7 Å². The molecular formula is C17H26N2O2. The predicted octanol–water partition coefficient (Wildman–Crippen LogP) is 1.88. The molecule has 21 heavy (non-hydrogen) atoms. The van der Waals surface area contributed by atoms with E-state index in [0.29, 0.717) is 0 Å². The fourth-order valence-corrected chi connectivity index (χ4v) is 2.95. The lowest BCUT2D eigenvalue weighted by molar-refractivity contribution is -0.134. The van der Waals surface area contributed by atoms with Crippen molar-refractivity contribution in [1.82, 2.24) is 10.2 Å². The molecule has 0 spiro atoms. The third-order valence-corrected chi connectivity index (χ3v) is 4.30. The van der Waals surface area contributed by atoms with Crippen molar-refractivity contribution in [3.8, 4) is 0 Å². The molecule has 1 saturated heterocycles. The SMILES string of the molecule is CC(NC(C)(CO)c1ccccc1)C(=O)N1CCCCC1. The minimum Gasteiger partial charge on any atom is -0.394 e. The van der Waals surface area contributed by atoms with Crippen LogP contribution in [0, 0.1) is 0 Å². The Morgan fingerprint density at radius 1 is 1.29 bits per heavy atom. The number of aliphatic hydroxyl groups is 1. The maximum Gasteiger partial charge on any atom is 0.239 e. The average molecular weight is 290 g/mol. The molecule has 0 aliphatic carbocycles. The second-order valence-electron chi connectivity index (χ2n) is 6.11. The zero-order valence-corrected chi connectivity index (χ0v) is 13.0. The number of carbonyl (C=O) groups is 1. The van der Waals surface area contributed by atoms with Gasteiger partial charge in [-0.25, -0.2) is 0 Å². The quantitative estimate of drug-likeness (QED) is 0.870. The number of hydrogen-bond donors (Lipinski definition) is 2. The maximum atomic E-state index is 12.5. The van der Waals surface area contributed by atoms with Crippen molar-refractivity contribution in [2.24, 2.45) is 0 Å². The van der Waals surface area contributed by atoms with Crippen LogP contribution in [-0.4, -0.2) is 41.7 Å². The Kier molecular flexibility index (Phi) is 5.37. The van der Waals surface area contributed by atoms with Gasteiger partial charge in [0.15, 0.2) is 0 Å². The average Bonchev–Trinajstić information content (AvgIpc) is 2.55. The van der Waals surface area contributed by atoms with Crippen LogP contribution in [0.3, 0.4) is 0 Å². The van der Waals surface area contributed by atoms with Gasteiger partial charge in [0.2, 0.25) is 5.91 Å². The number of hydrogen-bond acceptors (Lipinski definition) is 3. The van der Waals surface area contributed by atoms with Gasteiger partial charge in [-0.15, -0.1) is 0 Å². The van der Waals surface area contributed by atoms with Gasteiger partial charge in [0.05, 0.1) is 18.2 Å². The van der Waals surface area contributed by atoms with Crippen molar-refractivity contribution in [3.05, 3.63) is 35.9 Å². The van der Waals surface area contributed by atoms with Crippen molar-refractivity contribution in [2.75, 3.05) is 19.7 Å². The fraction of sp³-hybridized carbons (Fsp3) is 0.588. The number of likely N-dealkylation sites (tertiary alicyclic amines) is 1. The number of nitrogens with one attached hydrogen (secondary N) is 1. The molecule has 1 aliphatic rings. The van der Waals surface area contributed by atoms with E-state index < -0.39 is 5.54 Å². The topological polar surface area (TPSA) is 52.6 Å². The molecule has 1 fully saturated rings. The molecule has 0 bridgehead atoms. The van der Waals surface area contributed by atoms with E-state index >= 15 is 0 Å². The fourth-order valence-electron chi connectivity index (χ4n) is 2.95. The number of benzene rings is 1. The molecule has 0 aromatic heterocycles. The molecule has 1 aliphatic heterocycles. The Labute approximate surface area is 127 Å². The van der Waals surface area contributed by atoms with Crippen molar-refractivity contribution < 1.29 is 9.90 Å². The Morgan fingerprint density at radius 2 is 1.90 bits per heavy atom. The highest BCUT2D eigenvalue weighted by Gasteiger charge is 2.31. The van der Waals surface area contributed by atoms with Gasteiger partial charge in [-0.2, -0.15) is 0 Å². The molecule has 4 nitrogen and oxygen atoms in total. The predicted molar refractivity (Wildman–Crippen MR) is 83.9 cm³/mol. The van der Waals surface area contributed by atoms with Gasteiger partial charge in [0, 0.05) is 13.1 Å². The lowest BCUT2D eigenvalue weighted by Crippen LogP contribution is -2.54. The van der Waals surface area contributed by atoms with Gasteiger partial charge in [0.25, 0.3) is 0 Å². The molecule has 1 heterocycles. The summed E-state index contributed by atoms with van der Waals surface area (Å²) in [5.74, 6) is 0.130. The van der Waals surface area contributed by atoms with Gasteiger partial charge in [0.1, 0.15) is 0 Å². The van der Waals surface area contributed by atoms with E-state index in [2.05, 4.69) is 5.32 Å². The highest BCUT2D eigenvalue weighted by molar-refractivity contribution is 5.81. The molecule has 0 saturated carbocycles. The van der Waals surface area contributed by atoms with Crippen LogP contribution in [0.15, 0.2) is 30.3 Å². The zero-order chi connectivity index (χ0) is 15.3. The first-order valence-electron chi connectivity index (χ1n) is 7.80. The molecular weight excluding hydrogens is 264 g/mol. The van der Waals surface area contributed by atoms with E-state index in [9.17, 15) is 9.90 Å². The first-order chi connectivity index (χ1) is 10.1. The van der Waals surface area contributed by atoms with Crippen LogP contribution in [-0.2, 0) is 10.3 Å². The Balaban J connectivity index is 2.05. The number of piperidine rings is 1. The third kappa shape index (κ3) is 3.83. The van der Waals surface area contributed by atoms with Crippen molar-refractivity contribution >= 4 is 5.91 Å². The summed E-state index contributed by atoms with van der Waals surface area (Å²) in [6, 6.07) is 9.48. The lowest BCUT2D eigenvalue weighted by Gasteiger charge is -2.35. The number of rotatable bonds is 5. The summed E-state index contributed by atoms with van der Waals surface area (Å²) in [5.41, 5.74) is 0.386. The minimum absolute atomic E-state index is 0.0470. The Bertz CT molecular complexity index is 457. The number of nitrogens with zero attached hydrogens (tertiary/aromatic N) is 1. The van der Waals surface area contributed by atoms with Crippen LogP contribution in [0.25, 0.3) is 0 Å². The maximum absolute atomic E-state index is 12.5. The normalized spacial score (nSPS) is 19.9. The van der Waals surface area contributed by atoms with E-state index in [1.165, 1.54) is 6.42 Å². The summed E-state index contributed by atoms with van der Waals surface area (Å²) in [6.45, 7) is 5.47. The molecule has 4 heteroatoms. The Hall–Kier alpha value is -1.39. The molecule has 0 radical (unpaired) electrons. The summed E-state index contributed by atoms with van der Waals surface area (Å²) in [6.07, 6.45) is 3.40. The summed E-state index contributed by atoms with van der Waals surface area (Å²) in [5, 5.41) is 13.1. The van der Waals surface area contributed by atoms with E-state index in [-0.39, 0.29) is 18.6 Å². The molecule has 1 aromatic carbocycles. The van der Waals surface area contributed by atoms with Crippen molar-refractivity contribution in [1.29, 1.82) is 0 Å². The molecule has 1 amide bonds. The van der Waals surface area contributed by atoms with Crippen LogP contribution in [0.2, 0.25) is 0 Å².